The van der Waals surface area contributed by atoms with Gasteiger partial charge >= 0.3 is 0 Å². The molecule has 1 aromatic carbocycles. The first-order chi connectivity index (χ1) is 6.34. The molecule has 0 aromatic heterocycles. The van der Waals surface area contributed by atoms with Gasteiger partial charge in [-0.25, -0.2) is 0 Å². The molecule has 1 rings (SSSR count). The zero-order valence-electron chi connectivity index (χ0n) is 7.82. The van der Waals surface area contributed by atoms with Gasteiger partial charge in [0.1, 0.15) is 0 Å². The predicted octanol–water partition coefficient (Wildman–Crippen LogP) is 2.60. The van der Waals surface area contributed by atoms with Crippen molar-refractivity contribution in [3.63, 3.8) is 0 Å². The monoisotopic (exact) mass is 198 g/mol. The number of benzene rings is 1. The minimum absolute atomic E-state index is 0.600. The quantitative estimate of drug-likeness (QED) is 0.537. The zero-order chi connectivity index (χ0) is 9.52. The molecular formula is C10H15O2P. The maximum atomic E-state index is 11.5. The Kier molecular flexibility index (Phi) is 4.81. The van der Waals surface area contributed by atoms with Gasteiger partial charge in [0, 0.05) is 5.30 Å². The number of hydrogen-bond acceptors (Lipinski definition) is 2. The summed E-state index contributed by atoms with van der Waals surface area (Å²) >= 11 is 0. The number of hydrogen-bond donors (Lipinski definition) is 0. The van der Waals surface area contributed by atoms with Crippen LogP contribution in [0.3, 0.4) is 0 Å². The van der Waals surface area contributed by atoms with Crippen molar-refractivity contribution in [3.8, 4) is 0 Å². The molecule has 0 spiro atoms. The van der Waals surface area contributed by atoms with E-state index in [4.69, 9.17) is 4.52 Å². The molecule has 2 nitrogen and oxygen atoms in total. The molecular weight excluding hydrogens is 183 g/mol. The van der Waals surface area contributed by atoms with Gasteiger partial charge in [-0.2, -0.15) is 0 Å². The fourth-order valence-electron chi connectivity index (χ4n) is 0.967. The minimum Gasteiger partial charge on any atom is -0.327 e. The largest absolute Gasteiger partial charge is 0.327 e. The second kappa shape index (κ2) is 5.95. The highest BCUT2D eigenvalue weighted by molar-refractivity contribution is 7.48. The number of unbranched alkanes of at least 4 members (excludes halogenated alkanes) is 1. The predicted molar refractivity (Wildman–Crippen MR) is 55.9 cm³/mol. The van der Waals surface area contributed by atoms with Crippen LogP contribution in [0.4, 0.5) is 0 Å². The van der Waals surface area contributed by atoms with Crippen molar-refractivity contribution in [1.82, 2.24) is 0 Å². The highest BCUT2D eigenvalue weighted by Gasteiger charge is 2.00. The highest BCUT2D eigenvalue weighted by atomic mass is 31.1. The van der Waals surface area contributed by atoms with E-state index in [1.807, 2.05) is 30.3 Å². The third-order valence-corrected chi connectivity index (χ3v) is 3.01. The van der Waals surface area contributed by atoms with Crippen LogP contribution in [0, 0.1) is 0 Å². The first kappa shape index (κ1) is 10.5. The van der Waals surface area contributed by atoms with Crippen LogP contribution in [-0.4, -0.2) is 6.61 Å². The molecule has 0 fully saturated rings. The van der Waals surface area contributed by atoms with E-state index in [2.05, 4.69) is 6.92 Å². The van der Waals surface area contributed by atoms with Gasteiger partial charge in [-0.15, -0.1) is 0 Å². The SMILES string of the molecule is CCCCO[PH](=O)c1ccccc1. The summed E-state index contributed by atoms with van der Waals surface area (Å²) in [4.78, 5) is 0. The van der Waals surface area contributed by atoms with Crippen molar-refractivity contribution < 1.29 is 9.09 Å². The van der Waals surface area contributed by atoms with Gasteiger partial charge in [0.15, 0.2) is 0 Å². The van der Waals surface area contributed by atoms with Gasteiger partial charge in [0.25, 0.3) is 0 Å². The van der Waals surface area contributed by atoms with Gasteiger partial charge in [-0.05, 0) is 18.6 Å². The zero-order valence-corrected chi connectivity index (χ0v) is 8.82. The maximum Gasteiger partial charge on any atom is 0.220 e. The van der Waals surface area contributed by atoms with Crippen LogP contribution in [0.5, 0.6) is 0 Å². The van der Waals surface area contributed by atoms with Gasteiger partial charge in [0.2, 0.25) is 8.03 Å². The van der Waals surface area contributed by atoms with Gasteiger partial charge in [-0.1, -0.05) is 31.5 Å². The van der Waals surface area contributed by atoms with E-state index < -0.39 is 8.03 Å². The third kappa shape index (κ3) is 3.75. The summed E-state index contributed by atoms with van der Waals surface area (Å²) in [5, 5.41) is 0.809. The van der Waals surface area contributed by atoms with Crippen LogP contribution in [0.15, 0.2) is 30.3 Å². The summed E-state index contributed by atoms with van der Waals surface area (Å²) < 4.78 is 16.7. The number of rotatable bonds is 5. The van der Waals surface area contributed by atoms with Crippen molar-refractivity contribution in [2.75, 3.05) is 6.61 Å². The highest BCUT2D eigenvalue weighted by Crippen LogP contribution is 2.21. The Labute approximate surface area is 79.8 Å². The standard InChI is InChI=1S/C10H15O2P/c1-2-3-9-12-13(11)10-7-5-4-6-8-10/h4-8,13H,2-3,9H2,1H3. The first-order valence-electron chi connectivity index (χ1n) is 4.56. The Hall–Kier alpha value is -0.590. The Morgan fingerprint density at radius 1 is 1.31 bits per heavy atom. The van der Waals surface area contributed by atoms with E-state index in [1.165, 1.54) is 0 Å². The summed E-state index contributed by atoms with van der Waals surface area (Å²) in [5.41, 5.74) is 0. The molecule has 0 aliphatic heterocycles. The van der Waals surface area contributed by atoms with Crippen LogP contribution in [0.1, 0.15) is 19.8 Å². The lowest BCUT2D eigenvalue weighted by molar-refractivity contribution is 0.326. The lowest BCUT2D eigenvalue weighted by atomic mass is 10.4. The smallest absolute Gasteiger partial charge is 0.220 e. The van der Waals surface area contributed by atoms with E-state index in [0.29, 0.717) is 6.61 Å². The van der Waals surface area contributed by atoms with E-state index in [-0.39, 0.29) is 0 Å². The van der Waals surface area contributed by atoms with Crippen LogP contribution in [-0.2, 0) is 9.09 Å². The van der Waals surface area contributed by atoms with Crippen molar-refractivity contribution in [2.45, 2.75) is 19.8 Å². The van der Waals surface area contributed by atoms with E-state index >= 15 is 0 Å². The molecule has 1 aromatic rings. The van der Waals surface area contributed by atoms with E-state index in [1.54, 1.807) is 0 Å². The normalized spacial score (nSPS) is 12.7. The lowest BCUT2D eigenvalue weighted by Gasteiger charge is -2.02. The first-order valence-corrected chi connectivity index (χ1v) is 5.88. The van der Waals surface area contributed by atoms with Crippen molar-refractivity contribution >= 4 is 13.3 Å². The average molecular weight is 198 g/mol. The van der Waals surface area contributed by atoms with Crippen LogP contribution >= 0.6 is 8.03 Å². The molecule has 72 valence electrons. The van der Waals surface area contributed by atoms with Gasteiger partial charge in [0.05, 0.1) is 6.61 Å². The Morgan fingerprint density at radius 2 is 2.00 bits per heavy atom. The van der Waals surface area contributed by atoms with E-state index in [9.17, 15) is 4.57 Å². The molecule has 0 saturated carbocycles. The van der Waals surface area contributed by atoms with E-state index in [0.717, 1.165) is 18.1 Å². The summed E-state index contributed by atoms with van der Waals surface area (Å²) in [5.74, 6) is 0. The maximum absolute atomic E-state index is 11.5. The van der Waals surface area contributed by atoms with Crippen LogP contribution in [0.2, 0.25) is 0 Å². The van der Waals surface area contributed by atoms with Crippen molar-refractivity contribution in [3.05, 3.63) is 30.3 Å². The third-order valence-electron chi connectivity index (χ3n) is 1.74. The molecule has 0 radical (unpaired) electrons. The Bertz CT molecular complexity index is 259. The summed E-state index contributed by atoms with van der Waals surface area (Å²) in [6, 6.07) is 9.34. The van der Waals surface area contributed by atoms with Crippen LogP contribution < -0.4 is 5.30 Å². The topological polar surface area (TPSA) is 26.3 Å². The molecule has 1 atom stereocenters. The summed E-state index contributed by atoms with van der Waals surface area (Å²) in [6.07, 6.45) is 2.05. The molecule has 0 N–H and O–H groups in total. The fraction of sp³-hybridized carbons (Fsp3) is 0.400. The molecule has 0 aliphatic rings. The second-order valence-electron chi connectivity index (χ2n) is 2.86. The van der Waals surface area contributed by atoms with Gasteiger partial charge < -0.3 is 4.52 Å². The molecule has 13 heavy (non-hydrogen) atoms. The van der Waals surface area contributed by atoms with Gasteiger partial charge in [-0.3, -0.25) is 4.57 Å². The minimum atomic E-state index is -1.99. The lowest BCUT2D eigenvalue weighted by Crippen LogP contribution is -1.97. The molecule has 0 heterocycles. The molecule has 0 saturated heterocycles. The van der Waals surface area contributed by atoms with Crippen LogP contribution in [0.25, 0.3) is 0 Å². The van der Waals surface area contributed by atoms with Crippen molar-refractivity contribution in [1.29, 1.82) is 0 Å². The molecule has 0 bridgehead atoms. The molecule has 0 aliphatic carbocycles. The summed E-state index contributed by atoms with van der Waals surface area (Å²) in [7, 11) is -1.99. The van der Waals surface area contributed by atoms with Crippen molar-refractivity contribution in [2.24, 2.45) is 0 Å². The molecule has 1 unspecified atom stereocenters. The Balaban J connectivity index is 2.40. The average Bonchev–Trinajstić information content (AvgIpc) is 2.19. The Morgan fingerprint density at radius 3 is 2.62 bits per heavy atom. The second-order valence-corrected chi connectivity index (χ2v) is 4.30. The fourth-order valence-corrected chi connectivity index (χ4v) is 1.93. The summed E-state index contributed by atoms with van der Waals surface area (Å²) in [6.45, 7) is 2.69. The molecule has 0 amide bonds. The molecule has 3 heteroatoms.